The molecule has 0 radical (unpaired) electrons. The summed E-state index contributed by atoms with van der Waals surface area (Å²) in [7, 11) is 0. The Morgan fingerprint density at radius 3 is 2.64 bits per heavy atom. The Bertz CT molecular complexity index is 1180. The summed E-state index contributed by atoms with van der Waals surface area (Å²) < 4.78 is 7.40. The van der Waals surface area contributed by atoms with Gasteiger partial charge in [-0.15, -0.1) is 0 Å². The number of benzene rings is 1. The Morgan fingerprint density at radius 1 is 1.21 bits per heavy atom. The molecule has 2 aromatic heterocycles. The molecule has 2 amide bonds. The first-order valence-electron chi connectivity index (χ1n) is 11.1. The number of aryl methyl sites for hydroxylation is 1. The number of ether oxygens (including phenoxy) is 1. The van der Waals surface area contributed by atoms with Crippen LogP contribution in [0, 0.1) is 6.92 Å². The first-order valence-corrected chi connectivity index (χ1v) is 11.1. The summed E-state index contributed by atoms with van der Waals surface area (Å²) in [6, 6.07) is 9.07. The smallest absolute Gasteiger partial charge is 0.410 e. The normalized spacial score (nSPS) is 16.6. The van der Waals surface area contributed by atoms with Crippen molar-refractivity contribution in [3.63, 3.8) is 0 Å². The summed E-state index contributed by atoms with van der Waals surface area (Å²) in [4.78, 5) is 31.8. The molecule has 4 rings (SSSR count). The standard InChI is InChI=1S/C24H30N6O3/c1-15-13-26-21(25)18-19(22(31)27-16-9-6-5-7-10-16)28-30(20(15)18)17-11-8-12-29(14-17)23(32)33-24(2,3)4/h5-7,9-10,13,17H,8,11-12,14H2,1-4H3,(H2,25,26)(H,27,31). The number of nitrogens with two attached hydrogens (primary N) is 1. The number of carbonyl (C=O) groups excluding carboxylic acids is 2. The molecule has 3 heterocycles. The SMILES string of the molecule is Cc1cnc(N)c2c(C(=O)Nc3ccccc3)nn(C3CCCN(C(=O)OC(C)(C)C)C3)c12. The van der Waals surface area contributed by atoms with Crippen LogP contribution in [-0.4, -0.2) is 50.4 Å². The number of para-hydroxylation sites is 1. The van der Waals surface area contributed by atoms with Crippen LogP contribution in [0.2, 0.25) is 0 Å². The minimum atomic E-state index is -0.568. The molecule has 174 valence electrons. The van der Waals surface area contributed by atoms with E-state index in [4.69, 9.17) is 15.6 Å². The van der Waals surface area contributed by atoms with Crippen molar-refractivity contribution in [1.29, 1.82) is 0 Å². The number of hydrogen-bond acceptors (Lipinski definition) is 6. The number of hydrogen-bond donors (Lipinski definition) is 2. The fraction of sp³-hybridized carbons (Fsp3) is 0.417. The van der Waals surface area contributed by atoms with E-state index in [2.05, 4.69) is 10.3 Å². The van der Waals surface area contributed by atoms with E-state index < -0.39 is 5.60 Å². The lowest BCUT2D eigenvalue weighted by atomic mass is 10.1. The van der Waals surface area contributed by atoms with E-state index in [1.165, 1.54) is 0 Å². The molecule has 3 aromatic rings. The Morgan fingerprint density at radius 2 is 1.94 bits per heavy atom. The zero-order chi connectivity index (χ0) is 23.8. The molecule has 9 nitrogen and oxygen atoms in total. The minimum absolute atomic E-state index is 0.118. The van der Waals surface area contributed by atoms with E-state index >= 15 is 0 Å². The zero-order valence-corrected chi connectivity index (χ0v) is 19.5. The van der Waals surface area contributed by atoms with Gasteiger partial charge in [-0.1, -0.05) is 18.2 Å². The molecule has 33 heavy (non-hydrogen) atoms. The molecule has 3 N–H and O–H groups in total. The largest absolute Gasteiger partial charge is 0.444 e. The maximum atomic E-state index is 13.2. The first kappa shape index (κ1) is 22.6. The van der Waals surface area contributed by atoms with Gasteiger partial charge in [0.25, 0.3) is 5.91 Å². The van der Waals surface area contributed by atoms with Gasteiger partial charge in [-0.3, -0.25) is 9.48 Å². The summed E-state index contributed by atoms with van der Waals surface area (Å²) in [5.74, 6) is -0.108. The number of fused-ring (bicyclic) bond motifs is 1. The average Bonchev–Trinajstić information content (AvgIpc) is 3.18. The molecule has 1 aliphatic rings. The van der Waals surface area contributed by atoms with Crippen molar-refractivity contribution in [2.24, 2.45) is 0 Å². The van der Waals surface area contributed by atoms with E-state index in [1.54, 1.807) is 11.1 Å². The van der Waals surface area contributed by atoms with Crippen LogP contribution in [0.1, 0.15) is 55.7 Å². The maximum absolute atomic E-state index is 13.2. The van der Waals surface area contributed by atoms with E-state index in [-0.39, 0.29) is 29.6 Å². The Labute approximate surface area is 192 Å². The van der Waals surface area contributed by atoms with Crippen LogP contribution in [0.4, 0.5) is 16.3 Å². The lowest BCUT2D eigenvalue weighted by Crippen LogP contribution is -2.43. The summed E-state index contributed by atoms with van der Waals surface area (Å²) in [6.45, 7) is 8.53. The van der Waals surface area contributed by atoms with Gasteiger partial charge in [0.15, 0.2) is 5.69 Å². The van der Waals surface area contributed by atoms with Gasteiger partial charge in [0.1, 0.15) is 11.4 Å². The Balaban J connectivity index is 1.70. The first-order chi connectivity index (χ1) is 15.6. The van der Waals surface area contributed by atoms with Crippen LogP contribution in [0.5, 0.6) is 0 Å². The number of rotatable bonds is 3. The van der Waals surface area contributed by atoms with E-state index in [1.807, 2.05) is 62.7 Å². The second kappa shape index (κ2) is 8.73. The highest BCUT2D eigenvalue weighted by Gasteiger charge is 2.31. The number of amides is 2. The highest BCUT2D eigenvalue weighted by Crippen LogP contribution is 2.32. The second-order valence-corrected chi connectivity index (χ2v) is 9.39. The summed E-state index contributed by atoms with van der Waals surface area (Å²) in [5, 5.41) is 8.11. The quantitative estimate of drug-likeness (QED) is 0.619. The number of anilines is 2. The van der Waals surface area contributed by atoms with Crippen molar-refractivity contribution in [2.45, 2.75) is 52.2 Å². The highest BCUT2D eigenvalue weighted by atomic mass is 16.6. The van der Waals surface area contributed by atoms with Crippen molar-refractivity contribution in [3.05, 3.63) is 47.8 Å². The van der Waals surface area contributed by atoms with Crippen LogP contribution in [0.25, 0.3) is 10.9 Å². The van der Waals surface area contributed by atoms with E-state index in [9.17, 15) is 9.59 Å². The van der Waals surface area contributed by atoms with Crippen molar-refractivity contribution in [3.8, 4) is 0 Å². The Kier molecular flexibility index (Phi) is 5.97. The topological polar surface area (TPSA) is 115 Å². The monoisotopic (exact) mass is 450 g/mol. The lowest BCUT2D eigenvalue weighted by Gasteiger charge is -2.34. The fourth-order valence-corrected chi connectivity index (χ4v) is 4.13. The van der Waals surface area contributed by atoms with Crippen LogP contribution < -0.4 is 11.1 Å². The van der Waals surface area contributed by atoms with Gasteiger partial charge in [-0.05, 0) is 58.2 Å². The average molecular weight is 451 g/mol. The molecule has 1 aliphatic heterocycles. The fourth-order valence-electron chi connectivity index (χ4n) is 4.13. The van der Waals surface area contributed by atoms with Crippen LogP contribution in [0.15, 0.2) is 36.5 Å². The molecule has 0 aliphatic carbocycles. The molecule has 0 spiro atoms. The predicted octanol–water partition coefficient (Wildman–Crippen LogP) is 4.15. The number of carbonyl (C=O) groups is 2. The highest BCUT2D eigenvalue weighted by molar-refractivity contribution is 6.14. The number of nitrogen functional groups attached to an aromatic ring is 1. The van der Waals surface area contributed by atoms with Gasteiger partial charge in [0, 0.05) is 25.0 Å². The molecule has 1 unspecified atom stereocenters. The third-order valence-corrected chi connectivity index (χ3v) is 5.58. The molecule has 0 bridgehead atoms. The molecular weight excluding hydrogens is 420 g/mol. The van der Waals surface area contributed by atoms with E-state index in [0.717, 1.165) is 23.9 Å². The molecule has 0 saturated carbocycles. The molecule has 1 atom stereocenters. The number of nitrogens with one attached hydrogen (secondary N) is 1. The lowest BCUT2D eigenvalue weighted by molar-refractivity contribution is 0.0169. The van der Waals surface area contributed by atoms with Gasteiger partial charge < -0.3 is 20.7 Å². The Hall–Kier alpha value is -3.62. The molecular formula is C24H30N6O3. The summed E-state index contributed by atoms with van der Waals surface area (Å²) in [6.07, 6.45) is 2.96. The maximum Gasteiger partial charge on any atom is 0.410 e. The molecule has 1 fully saturated rings. The molecule has 9 heteroatoms. The van der Waals surface area contributed by atoms with Gasteiger partial charge in [-0.2, -0.15) is 5.10 Å². The molecule has 1 aromatic carbocycles. The predicted molar refractivity (Wildman–Crippen MR) is 127 cm³/mol. The van der Waals surface area contributed by atoms with Crippen molar-refractivity contribution >= 4 is 34.4 Å². The summed E-state index contributed by atoms with van der Waals surface area (Å²) in [5.41, 5.74) is 8.15. The number of piperidine rings is 1. The number of aromatic nitrogens is 3. The number of likely N-dealkylation sites (tertiary alicyclic amines) is 1. The molecule has 1 saturated heterocycles. The number of pyridine rings is 1. The second-order valence-electron chi connectivity index (χ2n) is 9.39. The van der Waals surface area contributed by atoms with Crippen molar-refractivity contribution in [2.75, 3.05) is 24.1 Å². The van der Waals surface area contributed by atoms with E-state index in [0.29, 0.717) is 24.2 Å². The minimum Gasteiger partial charge on any atom is -0.444 e. The third-order valence-electron chi connectivity index (χ3n) is 5.58. The number of nitrogens with zero attached hydrogens (tertiary/aromatic N) is 4. The van der Waals surface area contributed by atoms with Crippen LogP contribution in [0.3, 0.4) is 0 Å². The van der Waals surface area contributed by atoms with Gasteiger partial charge in [0.2, 0.25) is 0 Å². The third kappa shape index (κ3) is 4.76. The van der Waals surface area contributed by atoms with Gasteiger partial charge >= 0.3 is 6.09 Å². The van der Waals surface area contributed by atoms with Crippen LogP contribution in [-0.2, 0) is 4.74 Å². The van der Waals surface area contributed by atoms with Gasteiger partial charge in [-0.25, -0.2) is 9.78 Å². The van der Waals surface area contributed by atoms with Crippen LogP contribution >= 0.6 is 0 Å². The van der Waals surface area contributed by atoms with Crippen molar-refractivity contribution in [1.82, 2.24) is 19.7 Å². The zero-order valence-electron chi connectivity index (χ0n) is 19.5. The van der Waals surface area contributed by atoms with Crippen molar-refractivity contribution < 1.29 is 14.3 Å². The van der Waals surface area contributed by atoms with Gasteiger partial charge in [0.05, 0.1) is 16.9 Å². The summed E-state index contributed by atoms with van der Waals surface area (Å²) >= 11 is 0.